The van der Waals surface area contributed by atoms with Crippen LogP contribution in [0.5, 0.6) is 0 Å². The van der Waals surface area contributed by atoms with Gasteiger partial charge < -0.3 is 4.74 Å². The third kappa shape index (κ3) is 2.46. The number of carbonyl (C=O) groups excluding carboxylic acids is 1. The van der Waals surface area contributed by atoms with Crippen molar-refractivity contribution in [3.05, 3.63) is 70.6 Å². The summed E-state index contributed by atoms with van der Waals surface area (Å²) in [6.45, 7) is 0. The summed E-state index contributed by atoms with van der Waals surface area (Å²) in [5.41, 5.74) is 1.65. The molecule has 98 valence electrons. The maximum Gasteiger partial charge on any atom is 0.363 e. The second-order valence-electron chi connectivity index (χ2n) is 4.09. The van der Waals surface area contributed by atoms with E-state index in [0.29, 0.717) is 10.6 Å². The molecule has 1 aliphatic rings. The molecule has 0 unspecified atom stereocenters. The Balaban J connectivity index is 1.97. The Morgan fingerprint density at radius 3 is 2.60 bits per heavy atom. The van der Waals surface area contributed by atoms with E-state index in [1.807, 2.05) is 18.2 Å². The van der Waals surface area contributed by atoms with Gasteiger partial charge in [-0.3, -0.25) is 4.98 Å². The van der Waals surface area contributed by atoms with Crippen molar-refractivity contribution in [1.29, 1.82) is 0 Å². The third-order valence-corrected chi connectivity index (χ3v) is 3.09. The molecule has 1 aliphatic heterocycles. The smallest absolute Gasteiger partial charge is 0.363 e. The molecule has 4 nitrogen and oxygen atoms in total. The molecule has 2 heterocycles. The summed E-state index contributed by atoms with van der Waals surface area (Å²) in [5.74, 6) is -0.215. The number of halogens is 1. The van der Waals surface area contributed by atoms with Gasteiger partial charge in [0, 0.05) is 23.0 Å². The van der Waals surface area contributed by atoms with Gasteiger partial charge in [0.15, 0.2) is 5.70 Å². The fraction of sp³-hybridized carbons (Fsp3) is 0. The lowest BCUT2D eigenvalue weighted by Gasteiger charge is -1.97. The fourth-order valence-corrected chi connectivity index (χ4v) is 1.96. The van der Waals surface area contributed by atoms with Crippen LogP contribution in [0.1, 0.15) is 11.1 Å². The van der Waals surface area contributed by atoms with Gasteiger partial charge in [-0.2, -0.15) is 0 Å². The van der Waals surface area contributed by atoms with E-state index in [2.05, 4.69) is 9.98 Å². The molecule has 2 aromatic rings. The monoisotopic (exact) mass is 284 g/mol. The van der Waals surface area contributed by atoms with Gasteiger partial charge in [0.25, 0.3) is 0 Å². The summed E-state index contributed by atoms with van der Waals surface area (Å²) in [6, 6.07) is 10.7. The van der Waals surface area contributed by atoms with Crippen LogP contribution >= 0.6 is 11.6 Å². The van der Waals surface area contributed by atoms with Crippen LogP contribution in [0.4, 0.5) is 0 Å². The Labute approximate surface area is 120 Å². The topological polar surface area (TPSA) is 51.5 Å². The van der Waals surface area contributed by atoms with E-state index in [-0.39, 0.29) is 11.6 Å². The first-order chi connectivity index (χ1) is 9.74. The van der Waals surface area contributed by atoms with Crippen molar-refractivity contribution in [1.82, 2.24) is 4.98 Å². The molecule has 1 aromatic carbocycles. The number of rotatable bonds is 2. The standard InChI is InChI=1S/C15H9ClN2O2/c16-12-4-2-1-3-11(12)9-13-15(19)20-14(18-13)10-5-7-17-8-6-10/h1-9H/b13-9-. The van der Waals surface area contributed by atoms with Crippen molar-refractivity contribution in [2.45, 2.75) is 0 Å². The van der Waals surface area contributed by atoms with Crippen LogP contribution in [0.2, 0.25) is 5.02 Å². The van der Waals surface area contributed by atoms with E-state index in [1.54, 1.807) is 36.7 Å². The Kier molecular flexibility index (Phi) is 3.31. The zero-order valence-electron chi connectivity index (χ0n) is 10.3. The molecule has 0 atom stereocenters. The summed E-state index contributed by atoms with van der Waals surface area (Å²) >= 11 is 6.05. The lowest BCUT2D eigenvalue weighted by atomic mass is 10.2. The van der Waals surface area contributed by atoms with E-state index >= 15 is 0 Å². The minimum Gasteiger partial charge on any atom is -0.402 e. The maximum absolute atomic E-state index is 11.8. The van der Waals surface area contributed by atoms with Gasteiger partial charge in [0.1, 0.15) is 0 Å². The number of esters is 1. The molecule has 0 bridgehead atoms. The highest BCUT2D eigenvalue weighted by molar-refractivity contribution is 6.32. The number of aromatic nitrogens is 1. The number of hydrogen-bond donors (Lipinski definition) is 0. The second kappa shape index (κ2) is 5.27. The minimum absolute atomic E-state index is 0.227. The molecule has 0 saturated heterocycles. The average Bonchev–Trinajstić information content (AvgIpc) is 2.84. The van der Waals surface area contributed by atoms with Crippen molar-refractivity contribution < 1.29 is 9.53 Å². The molecule has 0 radical (unpaired) electrons. The second-order valence-corrected chi connectivity index (χ2v) is 4.50. The van der Waals surface area contributed by atoms with Crippen molar-refractivity contribution >= 4 is 29.5 Å². The first-order valence-corrected chi connectivity index (χ1v) is 6.29. The normalized spacial score (nSPS) is 16.1. The minimum atomic E-state index is -0.489. The number of ether oxygens (including phenoxy) is 1. The molecule has 0 fully saturated rings. The molecule has 3 rings (SSSR count). The van der Waals surface area contributed by atoms with Crippen LogP contribution in [-0.4, -0.2) is 16.9 Å². The number of benzene rings is 1. The van der Waals surface area contributed by atoms with Crippen LogP contribution in [-0.2, 0) is 9.53 Å². The quantitative estimate of drug-likeness (QED) is 0.629. The average molecular weight is 285 g/mol. The number of nitrogens with zero attached hydrogens (tertiary/aromatic N) is 2. The van der Waals surface area contributed by atoms with E-state index in [9.17, 15) is 4.79 Å². The third-order valence-electron chi connectivity index (χ3n) is 2.75. The van der Waals surface area contributed by atoms with Crippen LogP contribution in [0.3, 0.4) is 0 Å². The predicted octanol–water partition coefficient (Wildman–Crippen LogP) is 3.08. The van der Waals surface area contributed by atoms with E-state index in [0.717, 1.165) is 5.56 Å². The number of cyclic esters (lactones) is 1. The van der Waals surface area contributed by atoms with Gasteiger partial charge >= 0.3 is 5.97 Å². The highest BCUT2D eigenvalue weighted by Crippen LogP contribution is 2.22. The number of aliphatic imine (C=N–C) groups is 1. The molecule has 0 N–H and O–H groups in total. The molecular weight excluding hydrogens is 276 g/mol. The molecule has 0 aliphatic carbocycles. The van der Waals surface area contributed by atoms with Crippen LogP contribution < -0.4 is 0 Å². The highest BCUT2D eigenvalue weighted by Gasteiger charge is 2.24. The molecule has 20 heavy (non-hydrogen) atoms. The fourth-order valence-electron chi connectivity index (χ4n) is 1.77. The lowest BCUT2D eigenvalue weighted by Crippen LogP contribution is -2.05. The highest BCUT2D eigenvalue weighted by atomic mass is 35.5. The van der Waals surface area contributed by atoms with E-state index < -0.39 is 5.97 Å². The van der Waals surface area contributed by atoms with Crippen LogP contribution in [0.25, 0.3) is 6.08 Å². The van der Waals surface area contributed by atoms with E-state index in [4.69, 9.17) is 16.3 Å². The van der Waals surface area contributed by atoms with Gasteiger partial charge in [0.05, 0.1) is 0 Å². The molecule has 0 saturated carbocycles. The van der Waals surface area contributed by atoms with Crippen molar-refractivity contribution in [2.75, 3.05) is 0 Å². The van der Waals surface area contributed by atoms with Gasteiger partial charge in [0.2, 0.25) is 5.90 Å². The molecule has 5 heteroatoms. The Bertz CT molecular complexity index is 724. The number of hydrogen-bond acceptors (Lipinski definition) is 4. The summed E-state index contributed by atoms with van der Waals surface area (Å²) < 4.78 is 5.14. The first-order valence-electron chi connectivity index (χ1n) is 5.91. The first kappa shape index (κ1) is 12.6. The molecule has 0 amide bonds. The number of carbonyl (C=O) groups is 1. The lowest BCUT2D eigenvalue weighted by molar-refractivity contribution is -0.129. The molecular formula is C15H9ClN2O2. The zero-order valence-corrected chi connectivity index (χ0v) is 11.0. The largest absolute Gasteiger partial charge is 0.402 e. The van der Waals surface area contributed by atoms with Crippen molar-refractivity contribution in [3.8, 4) is 0 Å². The zero-order chi connectivity index (χ0) is 13.9. The predicted molar refractivity (Wildman–Crippen MR) is 76.3 cm³/mol. The SMILES string of the molecule is O=C1OC(c2ccncc2)=N/C1=C\c1ccccc1Cl. The van der Waals surface area contributed by atoms with Crippen molar-refractivity contribution in [3.63, 3.8) is 0 Å². The summed E-state index contributed by atoms with van der Waals surface area (Å²) in [6.07, 6.45) is 4.84. The molecule has 1 aromatic heterocycles. The maximum atomic E-state index is 11.8. The van der Waals surface area contributed by atoms with Gasteiger partial charge in [-0.05, 0) is 29.8 Å². The van der Waals surface area contributed by atoms with Gasteiger partial charge in [-0.25, -0.2) is 9.79 Å². The van der Waals surface area contributed by atoms with E-state index in [1.165, 1.54) is 0 Å². The Morgan fingerprint density at radius 2 is 1.85 bits per heavy atom. The van der Waals surface area contributed by atoms with Crippen LogP contribution in [0.15, 0.2) is 59.5 Å². The Morgan fingerprint density at radius 1 is 1.10 bits per heavy atom. The van der Waals surface area contributed by atoms with Gasteiger partial charge in [-0.15, -0.1) is 0 Å². The summed E-state index contributed by atoms with van der Waals surface area (Å²) in [4.78, 5) is 19.9. The Hall–Kier alpha value is -2.46. The summed E-state index contributed by atoms with van der Waals surface area (Å²) in [7, 11) is 0. The summed E-state index contributed by atoms with van der Waals surface area (Å²) in [5, 5.41) is 0.556. The van der Waals surface area contributed by atoms with Gasteiger partial charge in [-0.1, -0.05) is 29.8 Å². The van der Waals surface area contributed by atoms with Crippen LogP contribution in [0, 0.1) is 0 Å². The van der Waals surface area contributed by atoms with Crippen molar-refractivity contribution in [2.24, 2.45) is 4.99 Å². The number of pyridine rings is 1. The molecule has 0 spiro atoms.